The van der Waals surface area contributed by atoms with Gasteiger partial charge in [0.1, 0.15) is 11.6 Å². The summed E-state index contributed by atoms with van der Waals surface area (Å²) in [5.74, 6) is -3.24. The standard InChI is InChI=1S/C23H12ClF4NO3/c24-20-15(25)8-17-14(9-23(11-30,32-17)13-4-2-1-3-5-13)19(20)18-12(10-29)6-7-16(21(18)26)31-22(27)28/h1-8,11,22H,9H2. The van der Waals surface area contributed by atoms with Gasteiger partial charge in [-0.2, -0.15) is 14.0 Å². The predicted octanol–water partition coefficient (Wildman–Crippen LogP) is 5.79. The Labute approximate surface area is 184 Å². The number of nitrogens with zero attached hydrogens (tertiary/aromatic N) is 1. The number of fused-ring (bicyclic) bond motifs is 1. The second-order valence-corrected chi connectivity index (χ2v) is 7.34. The summed E-state index contributed by atoms with van der Waals surface area (Å²) in [7, 11) is 0. The molecule has 0 aliphatic carbocycles. The number of ether oxygens (including phenoxy) is 2. The number of halogens is 5. The normalized spacial score (nSPS) is 16.9. The number of carbonyl (C=O) groups excluding carboxylic acids is 1. The molecule has 32 heavy (non-hydrogen) atoms. The van der Waals surface area contributed by atoms with Crippen LogP contribution in [0.15, 0.2) is 48.5 Å². The number of nitriles is 1. The highest BCUT2D eigenvalue weighted by molar-refractivity contribution is 6.34. The summed E-state index contributed by atoms with van der Waals surface area (Å²) < 4.78 is 65.4. The molecule has 0 saturated heterocycles. The fourth-order valence-corrected chi connectivity index (χ4v) is 4.02. The molecule has 3 aromatic carbocycles. The summed E-state index contributed by atoms with van der Waals surface area (Å²) >= 11 is 6.17. The Kier molecular flexibility index (Phi) is 5.53. The Bertz CT molecular complexity index is 1260. The maximum atomic E-state index is 15.2. The van der Waals surface area contributed by atoms with E-state index >= 15 is 4.39 Å². The second-order valence-electron chi connectivity index (χ2n) is 6.97. The van der Waals surface area contributed by atoms with Crippen LogP contribution >= 0.6 is 11.6 Å². The van der Waals surface area contributed by atoms with E-state index in [1.54, 1.807) is 36.4 Å². The molecule has 1 unspecified atom stereocenters. The van der Waals surface area contributed by atoms with Gasteiger partial charge in [0.15, 0.2) is 23.5 Å². The minimum atomic E-state index is -3.33. The molecule has 0 aromatic heterocycles. The quantitative estimate of drug-likeness (QED) is 0.356. The van der Waals surface area contributed by atoms with Crippen LogP contribution in [0.3, 0.4) is 0 Å². The number of hydrogen-bond acceptors (Lipinski definition) is 4. The van der Waals surface area contributed by atoms with E-state index in [9.17, 15) is 23.2 Å². The van der Waals surface area contributed by atoms with Gasteiger partial charge in [0, 0.05) is 34.7 Å². The summed E-state index contributed by atoms with van der Waals surface area (Å²) in [5, 5.41) is 8.93. The molecule has 1 atom stereocenters. The maximum absolute atomic E-state index is 15.2. The molecule has 0 saturated carbocycles. The molecule has 0 spiro atoms. The van der Waals surface area contributed by atoms with Crippen molar-refractivity contribution in [3.05, 3.63) is 81.9 Å². The molecule has 1 aliphatic rings. The third-order valence-corrected chi connectivity index (χ3v) is 5.53. The molecule has 4 nitrogen and oxygen atoms in total. The zero-order chi connectivity index (χ0) is 23.0. The van der Waals surface area contributed by atoms with Crippen molar-refractivity contribution in [2.45, 2.75) is 18.6 Å². The Morgan fingerprint density at radius 2 is 1.88 bits per heavy atom. The Morgan fingerprint density at radius 3 is 2.50 bits per heavy atom. The van der Waals surface area contributed by atoms with E-state index < -0.39 is 40.2 Å². The van der Waals surface area contributed by atoms with Gasteiger partial charge >= 0.3 is 6.61 Å². The lowest BCUT2D eigenvalue weighted by atomic mass is 9.86. The average molecular weight is 462 g/mol. The van der Waals surface area contributed by atoms with Gasteiger partial charge in [0.2, 0.25) is 0 Å². The van der Waals surface area contributed by atoms with E-state index in [1.165, 1.54) is 0 Å². The van der Waals surface area contributed by atoms with Crippen LogP contribution in [0.25, 0.3) is 11.1 Å². The molecule has 0 fully saturated rings. The highest BCUT2D eigenvalue weighted by Crippen LogP contribution is 2.50. The van der Waals surface area contributed by atoms with Crippen molar-refractivity contribution in [3.63, 3.8) is 0 Å². The van der Waals surface area contributed by atoms with Gasteiger partial charge in [-0.25, -0.2) is 8.78 Å². The van der Waals surface area contributed by atoms with E-state index in [-0.39, 0.29) is 28.9 Å². The van der Waals surface area contributed by atoms with E-state index in [0.29, 0.717) is 11.8 Å². The van der Waals surface area contributed by atoms with Gasteiger partial charge in [0.25, 0.3) is 0 Å². The Morgan fingerprint density at radius 1 is 1.16 bits per heavy atom. The van der Waals surface area contributed by atoms with Gasteiger partial charge < -0.3 is 9.47 Å². The Balaban J connectivity index is 1.98. The van der Waals surface area contributed by atoms with Crippen LogP contribution in [0.2, 0.25) is 5.02 Å². The zero-order valence-electron chi connectivity index (χ0n) is 16.0. The van der Waals surface area contributed by atoms with Crippen molar-refractivity contribution in [1.82, 2.24) is 0 Å². The van der Waals surface area contributed by atoms with Gasteiger partial charge in [-0.15, -0.1) is 0 Å². The number of hydrogen-bond donors (Lipinski definition) is 0. The molecule has 1 aliphatic heterocycles. The van der Waals surface area contributed by atoms with Crippen LogP contribution in [0.5, 0.6) is 11.5 Å². The van der Waals surface area contributed by atoms with E-state index in [2.05, 4.69) is 4.74 Å². The number of benzene rings is 3. The van der Waals surface area contributed by atoms with Gasteiger partial charge in [-0.3, -0.25) is 4.79 Å². The van der Waals surface area contributed by atoms with Crippen molar-refractivity contribution in [3.8, 4) is 28.7 Å². The van der Waals surface area contributed by atoms with Crippen LogP contribution in [0.1, 0.15) is 16.7 Å². The van der Waals surface area contributed by atoms with Gasteiger partial charge in [0.05, 0.1) is 16.7 Å². The smallest absolute Gasteiger partial charge is 0.387 e. The minimum absolute atomic E-state index is 0.0821. The number of aldehydes is 1. The van der Waals surface area contributed by atoms with Crippen molar-refractivity contribution in [2.24, 2.45) is 0 Å². The number of alkyl halides is 2. The third-order valence-electron chi connectivity index (χ3n) is 5.16. The first-order chi connectivity index (χ1) is 15.3. The molecular weight excluding hydrogens is 450 g/mol. The maximum Gasteiger partial charge on any atom is 0.387 e. The molecule has 1 heterocycles. The summed E-state index contributed by atoms with van der Waals surface area (Å²) in [6, 6.07) is 13.0. The summed E-state index contributed by atoms with van der Waals surface area (Å²) in [6.45, 7) is -3.33. The predicted molar refractivity (Wildman–Crippen MR) is 107 cm³/mol. The summed E-state index contributed by atoms with van der Waals surface area (Å²) in [5.41, 5.74) is -2.01. The lowest BCUT2D eigenvalue weighted by molar-refractivity contribution is -0.120. The first-order valence-electron chi connectivity index (χ1n) is 9.21. The molecule has 0 amide bonds. The van der Waals surface area contributed by atoms with Crippen molar-refractivity contribution in [1.29, 1.82) is 5.26 Å². The summed E-state index contributed by atoms with van der Waals surface area (Å²) in [4.78, 5) is 12.1. The highest BCUT2D eigenvalue weighted by atomic mass is 35.5. The fourth-order valence-electron chi connectivity index (χ4n) is 3.76. The molecular formula is C23H12ClF4NO3. The third kappa shape index (κ3) is 3.45. The average Bonchev–Trinajstić information content (AvgIpc) is 3.16. The van der Waals surface area contributed by atoms with Crippen LogP contribution in [0.4, 0.5) is 17.6 Å². The molecule has 0 N–H and O–H groups in total. The molecule has 4 rings (SSSR count). The highest BCUT2D eigenvalue weighted by Gasteiger charge is 2.44. The van der Waals surface area contributed by atoms with E-state index in [0.717, 1.165) is 18.2 Å². The van der Waals surface area contributed by atoms with Gasteiger partial charge in [-0.1, -0.05) is 41.9 Å². The lowest BCUT2D eigenvalue weighted by Crippen LogP contribution is -2.33. The van der Waals surface area contributed by atoms with E-state index in [1.807, 2.05) is 0 Å². The number of rotatable bonds is 5. The first kappa shape index (κ1) is 21.7. The Hall–Kier alpha value is -3.57. The monoisotopic (exact) mass is 461 g/mol. The molecule has 9 heteroatoms. The largest absolute Gasteiger partial charge is 0.474 e. The minimum Gasteiger partial charge on any atom is -0.474 e. The molecule has 0 radical (unpaired) electrons. The first-order valence-corrected chi connectivity index (χ1v) is 9.58. The van der Waals surface area contributed by atoms with Crippen LogP contribution in [0, 0.1) is 23.0 Å². The zero-order valence-corrected chi connectivity index (χ0v) is 16.8. The van der Waals surface area contributed by atoms with Crippen molar-refractivity contribution >= 4 is 17.9 Å². The topological polar surface area (TPSA) is 59.3 Å². The fraction of sp³-hybridized carbons (Fsp3) is 0.130. The van der Waals surface area contributed by atoms with Crippen molar-refractivity contribution in [2.75, 3.05) is 0 Å². The lowest BCUT2D eigenvalue weighted by Gasteiger charge is -2.22. The second kappa shape index (κ2) is 8.17. The molecule has 162 valence electrons. The SMILES string of the molecule is N#Cc1ccc(OC(F)F)c(F)c1-c1c(Cl)c(F)cc2c1CC(C=O)(c1ccccc1)O2. The van der Waals surface area contributed by atoms with Gasteiger partial charge in [-0.05, 0) is 12.1 Å². The summed E-state index contributed by atoms with van der Waals surface area (Å²) in [6.07, 6.45) is 0.380. The van der Waals surface area contributed by atoms with Crippen molar-refractivity contribution < 1.29 is 31.8 Å². The van der Waals surface area contributed by atoms with Crippen LogP contribution in [-0.2, 0) is 16.8 Å². The molecule has 3 aromatic rings. The number of carbonyl (C=O) groups is 1. The van der Waals surface area contributed by atoms with Crippen LogP contribution in [-0.4, -0.2) is 12.9 Å². The van der Waals surface area contributed by atoms with E-state index in [4.69, 9.17) is 16.3 Å². The van der Waals surface area contributed by atoms with Crippen LogP contribution < -0.4 is 9.47 Å². The molecule has 0 bridgehead atoms.